The van der Waals surface area contributed by atoms with Gasteiger partial charge in [-0.05, 0) is 55.0 Å². The van der Waals surface area contributed by atoms with Crippen molar-refractivity contribution in [1.29, 1.82) is 5.26 Å². The average molecular weight is 482 g/mol. The Hall–Kier alpha value is -2.75. The minimum absolute atomic E-state index is 0.0347. The minimum Gasteiger partial charge on any atom is -0.355 e. The molecule has 3 aliphatic rings. The van der Waals surface area contributed by atoms with Gasteiger partial charge in [0.05, 0.1) is 5.56 Å². The first kappa shape index (κ1) is 23.0. The van der Waals surface area contributed by atoms with Gasteiger partial charge >= 0.3 is 0 Å². The van der Waals surface area contributed by atoms with E-state index >= 15 is 0 Å². The zero-order valence-electron chi connectivity index (χ0n) is 19.0. The van der Waals surface area contributed by atoms with Crippen LogP contribution < -0.4 is 21.1 Å². The number of halogens is 1. The molecule has 2 saturated heterocycles. The van der Waals surface area contributed by atoms with Gasteiger partial charge in [0.15, 0.2) is 0 Å². The van der Waals surface area contributed by atoms with Gasteiger partial charge in [0, 0.05) is 48.9 Å². The van der Waals surface area contributed by atoms with Crippen LogP contribution in [0.4, 0.5) is 10.2 Å². The van der Waals surface area contributed by atoms with E-state index in [1.54, 1.807) is 30.5 Å². The monoisotopic (exact) mass is 481 g/mol. The molecule has 0 radical (unpaired) electrons. The highest BCUT2D eigenvalue weighted by atomic mass is 31.2. The fourth-order valence-corrected chi connectivity index (χ4v) is 8.46. The van der Waals surface area contributed by atoms with E-state index < -0.39 is 13.0 Å². The summed E-state index contributed by atoms with van der Waals surface area (Å²) in [7, 11) is -2.92. The van der Waals surface area contributed by atoms with E-state index in [2.05, 4.69) is 21.9 Å². The lowest BCUT2D eigenvalue weighted by Gasteiger charge is -2.41. The molecule has 3 fully saturated rings. The molecule has 1 amide bonds. The molecule has 3 unspecified atom stereocenters. The van der Waals surface area contributed by atoms with Gasteiger partial charge in [-0.2, -0.15) is 5.26 Å². The van der Waals surface area contributed by atoms with Crippen molar-refractivity contribution in [2.24, 2.45) is 11.8 Å². The third-order valence-corrected chi connectivity index (χ3v) is 10.7. The second-order valence-electron chi connectivity index (χ2n) is 9.59. The minimum atomic E-state index is -2.92. The number of hydrazine groups is 1. The average Bonchev–Trinajstić information content (AvgIpc) is 2.87. The molecule has 9 heteroatoms. The van der Waals surface area contributed by atoms with Crippen LogP contribution in [0.25, 0.3) is 0 Å². The predicted molar refractivity (Wildman–Crippen MR) is 129 cm³/mol. The van der Waals surface area contributed by atoms with Gasteiger partial charge in [-0.3, -0.25) is 10.2 Å². The summed E-state index contributed by atoms with van der Waals surface area (Å²) in [5.74, 6) is 0.550. The van der Waals surface area contributed by atoms with E-state index in [1.807, 2.05) is 4.90 Å². The van der Waals surface area contributed by atoms with Crippen LogP contribution >= 0.6 is 7.14 Å². The van der Waals surface area contributed by atoms with E-state index in [1.165, 1.54) is 6.07 Å². The molecule has 178 valence electrons. The number of hydrogen-bond acceptors (Lipinski definition) is 6. The zero-order chi connectivity index (χ0) is 23.7. The Morgan fingerprint density at radius 3 is 2.79 bits per heavy atom. The number of fused-ring (bicyclic) bond motifs is 1. The molecule has 2 aliphatic heterocycles. The number of benzene rings is 1. The molecule has 1 aromatic carbocycles. The highest BCUT2D eigenvalue weighted by Crippen LogP contribution is 2.48. The van der Waals surface area contributed by atoms with Crippen LogP contribution in [0.1, 0.15) is 36.8 Å². The van der Waals surface area contributed by atoms with Gasteiger partial charge in [0.1, 0.15) is 24.8 Å². The van der Waals surface area contributed by atoms with Crippen LogP contribution in [0.3, 0.4) is 0 Å². The van der Waals surface area contributed by atoms with Gasteiger partial charge in [-0.15, -0.1) is 0 Å². The number of aromatic nitrogens is 1. The highest BCUT2D eigenvalue weighted by molar-refractivity contribution is 7.71. The van der Waals surface area contributed by atoms with Crippen molar-refractivity contribution in [1.82, 2.24) is 15.8 Å². The molecule has 2 N–H and O–H groups in total. The van der Waals surface area contributed by atoms with Crippen LogP contribution in [0.15, 0.2) is 36.5 Å². The van der Waals surface area contributed by atoms with Crippen LogP contribution in [0, 0.1) is 29.0 Å². The predicted octanol–water partition coefficient (Wildman–Crippen LogP) is 2.95. The number of amides is 1. The lowest BCUT2D eigenvalue weighted by Crippen LogP contribution is -2.60. The van der Waals surface area contributed by atoms with Crippen molar-refractivity contribution in [3.63, 3.8) is 0 Å². The van der Waals surface area contributed by atoms with Crippen molar-refractivity contribution in [3.05, 3.63) is 53.5 Å². The van der Waals surface area contributed by atoms with Gasteiger partial charge in [-0.1, -0.05) is 18.9 Å². The van der Waals surface area contributed by atoms with E-state index in [0.717, 1.165) is 31.2 Å². The van der Waals surface area contributed by atoms with Crippen LogP contribution in [-0.2, 0) is 15.8 Å². The molecule has 0 spiro atoms. The summed E-state index contributed by atoms with van der Waals surface area (Å²) >= 11 is 0. The van der Waals surface area contributed by atoms with Crippen LogP contribution in [-0.4, -0.2) is 42.3 Å². The zero-order valence-corrected chi connectivity index (χ0v) is 19.9. The Kier molecular flexibility index (Phi) is 6.42. The molecule has 5 rings (SSSR count). The first-order chi connectivity index (χ1) is 16.5. The Morgan fingerprint density at radius 2 is 2.00 bits per heavy atom. The lowest BCUT2D eigenvalue weighted by molar-refractivity contribution is -0.133. The topological polar surface area (TPSA) is 98.1 Å². The number of hydrogen-bond donors (Lipinski definition) is 2. The number of carbonyl (C=O) groups is 1. The quantitative estimate of drug-likeness (QED) is 0.652. The molecule has 1 aliphatic carbocycles. The van der Waals surface area contributed by atoms with Crippen molar-refractivity contribution < 1.29 is 13.8 Å². The second-order valence-corrected chi connectivity index (χ2v) is 12.7. The van der Waals surface area contributed by atoms with Crippen molar-refractivity contribution in [3.8, 4) is 6.07 Å². The maximum absolute atomic E-state index is 14.9. The van der Waals surface area contributed by atoms with Gasteiger partial charge < -0.3 is 9.46 Å². The Labute approximate surface area is 199 Å². The first-order valence-corrected chi connectivity index (χ1v) is 14.1. The number of rotatable bonds is 4. The van der Waals surface area contributed by atoms with Crippen LogP contribution in [0.5, 0.6) is 0 Å². The van der Waals surface area contributed by atoms with E-state index in [9.17, 15) is 19.0 Å². The Balaban J connectivity index is 1.33. The number of pyridine rings is 1. The fraction of sp³-hybridized carbons (Fsp3) is 0.480. The van der Waals surface area contributed by atoms with Gasteiger partial charge in [0.25, 0.3) is 0 Å². The second kappa shape index (κ2) is 9.48. The smallest absolute Gasteiger partial charge is 0.237 e. The normalized spacial score (nSPS) is 26.3. The molecule has 1 aromatic heterocycles. The maximum atomic E-state index is 14.9. The van der Waals surface area contributed by atoms with Crippen molar-refractivity contribution >= 4 is 24.2 Å². The van der Waals surface area contributed by atoms with Crippen molar-refractivity contribution in [2.75, 3.05) is 30.3 Å². The fourth-order valence-electron chi connectivity index (χ4n) is 5.76. The Morgan fingerprint density at radius 1 is 1.21 bits per heavy atom. The molecule has 34 heavy (non-hydrogen) atoms. The van der Waals surface area contributed by atoms with Gasteiger partial charge in [-0.25, -0.2) is 14.8 Å². The number of nitriles is 1. The SMILES string of the molecule is N#Cc1cccnc1N1CCP(=O)(c2cc(CC3NNC(=O)C4CCCCC34)ccc2F)CC1. The maximum Gasteiger partial charge on any atom is 0.237 e. The standard InChI is InChI=1S/C25H29FN5O2P/c26-21-8-7-17(14-22-19-5-1-2-6-20(19)25(32)30-29-22)15-23(21)34(33)12-10-31(11-13-34)24-18(16-27)4-3-9-28-24/h3-4,7-9,15,19-20,22,29H,1-2,5-6,10-14H2,(H,30,32). The molecular formula is C25H29FN5O2P. The molecular weight excluding hydrogens is 452 g/mol. The molecule has 3 atom stereocenters. The number of nitrogens with one attached hydrogen (secondary N) is 2. The van der Waals surface area contributed by atoms with Gasteiger partial charge in [0.2, 0.25) is 5.91 Å². The van der Waals surface area contributed by atoms with E-state index in [4.69, 9.17) is 0 Å². The summed E-state index contributed by atoms with van der Waals surface area (Å²) in [5, 5.41) is 9.69. The molecule has 1 saturated carbocycles. The third kappa shape index (κ3) is 4.35. The molecule has 0 bridgehead atoms. The molecule has 7 nitrogen and oxygen atoms in total. The summed E-state index contributed by atoms with van der Waals surface area (Å²) in [4.78, 5) is 18.6. The van der Waals surface area contributed by atoms with Crippen LogP contribution in [0.2, 0.25) is 0 Å². The number of carbonyl (C=O) groups excluding carboxylic acids is 1. The number of nitrogens with zero attached hydrogens (tertiary/aromatic N) is 3. The van der Waals surface area contributed by atoms with E-state index in [-0.39, 0.29) is 23.8 Å². The Bertz CT molecular complexity index is 1170. The molecule has 3 heterocycles. The summed E-state index contributed by atoms with van der Waals surface area (Å²) in [6.45, 7) is 0.930. The summed E-state index contributed by atoms with van der Waals surface area (Å²) in [6.07, 6.45) is 7.11. The summed E-state index contributed by atoms with van der Waals surface area (Å²) in [6, 6.07) is 10.7. The molecule has 2 aromatic rings. The summed E-state index contributed by atoms with van der Waals surface area (Å²) < 4.78 is 28.8. The van der Waals surface area contributed by atoms with E-state index in [0.29, 0.717) is 48.5 Å². The first-order valence-electron chi connectivity index (χ1n) is 12.0. The third-order valence-electron chi connectivity index (χ3n) is 7.63. The van der Waals surface area contributed by atoms with Crippen molar-refractivity contribution in [2.45, 2.75) is 38.1 Å². The lowest BCUT2D eigenvalue weighted by atomic mass is 9.72. The summed E-state index contributed by atoms with van der Waals surface area (Å²) in [5.41, 5.74) is 7.42. The highest BCUT2D eigenvalue weighted by Gasteiger charge is 2.40. The largest absolute Gasteiger partial charge is 0.355 e. The number of anilines is 1.